The van der Waals surface area contributed by atoms with E-state index in [0.29, 0.717) is 22.0 Å². The van der Waals surface area contributed by atoms with E-state index in [-0.39, 0.29) is 12.8 Å². The van der Waals surface area contributed by atoms with Crippen LogP contribution in [0, 0.1) is 5.92 Å². The molecule has 2 aromatic heterocycles. The highest BCUT2D eigenvalue weighted by molar-refractivity contribution is 5.98. The second kappa shape index (κ2) is 20.8. The van der Waals surface area contributed by atoms with E-state index < -0.39 is 115 Å². The number of hydrogen-bond acceptors (Lipinski definition) is 10. The van der Waals surface area contributed by atoms with Crippen LogP contribution in [0.3, 0.4) is 0 Å². The van der Waals surface area contributed by atoms with Crippen molar-refractivity contribution in [2.24, 2.45) is 11.7 Å². The number of rotatable bonds is 22. The zero-order valence-corrected chi connectivity index (χ0v) is 33.1. The minimum absolute atomic E-state index is 0.00581. The van der Waals surface area contributed by atoms with E-state index in [1.54, 1.807) is 56.6 Å². The fourth-order valence-corrected chi connectivity index (χ4v) is 6.52. The Balaban J connectivity index is 1.52. The Kier molecular flexibility index (Phi) is 15.9. The molecule has 0 aliphatic rings. The lowest BCUT2D eigenvalue weighted by atomic mass is 10.0. The highest BCUT2D eigenvalue weighted by Crippen LogP contribution is 2.21. The maximum Gasteiger partial charge on any atom is 0.326 e. The van der Waals surface area contributed by atoms with E-state index in [1.165, 1.54) is 0 Å². The fraction of sp³-hybridized carbons (Fsp3) is 0.400. The number of fused-ring (bicyclic) bond motifs is 2. The molecule has 20 heteroatoms. The average Bonchev–Trinajstić information content (AvgIpc) is 3.79. The molecule has 60 heavy (non-hydrogen) atoms. The maximum atomic E-state index is 13.8. The maximum absolute atomic E-state index is 13.8. The Labute approximate surface area is 343 Å². The van der Waals surface area contributed by atoms with Crippen molar-refractivity contribution in [3.8, 4) is 0 Å². The summed E-state index contributed by atoms with van der Waals surface area (Å²) in [4.78, 5) is 109. The number of para-hydroxylation sites is 2. The molecule has 2 heterocycles. The Morgan fingerprint density at radius 3 is 1.60 bits per heavy atom. The smallest absolute Gasteiger partial charge is 0.326 e. The van der Waals surface area contributed by atoms with Gasteiger partial charge in [-0.3, -0.25) is 33.6 Å². The molecule has 2 aromatic carbocycles. The van der Waals surface area contributed by atoms with E-state index in [1.807, 2.05) is 18.2 Å². The van der Waals surface area contributed by atoms with Gasteiger partial charge in [0.2, 0.25) is 29.5 Å². The summed E-state index contributed by atoms with van der Waals surface area (Å²) < 4.78 is 0. The van der Waals surface area contributed by atoms with Gasteiger partial charge in [0.05, 0.1) is 18.6 Å². The van der Waals surface area contributed by atoms with Crippen LogP contribution in [-0.2, 0) is 51.2 Å². The summed E-state index contributed by atoms with van der Waals surface area (Å²) in [5.74, 6) is -10.0. The molecule has 0 aliphatic heterocycles. The SMILES string of the molecule is CC(C)[C@H](NC(=O)[C@H](Cc1c[nH]c2ccccc12)NC(=O)[C@@H](NC(=O)[C@H](CCC(=O)O)NC(=O)[C@H](CC(=O)O)NC(=O)[C@@H](N)Cc1c[nH]c2ccccc12)[C@@H](C)O)C(=O)O. The van der Waals surface area contributed by atoms with E-state index in [4.69, 9.17) is 5.73 Å². The highest BCUT2D eigenvalue weighted by Gasteiger charge is 2.36. The van der Waals surface area contributed by atoms with Gasteiger partial charge in [-0.15, -0.1) is 0 Å². The van der Waals surface area contributed by atoms with Gasteiger partial charge < -0.3 is 62.7 Å². The summed E-state index contributed by atoms with van der Waals surface area (Å²) in [5, 5.41) is 52.5. The number of aromatic amines is 2. The van der Waals surface area contributed by atoms with Crippen LogP contribution in [0.25, 0.3) is 21.8 Å². The number of aromatic nitrogens is 2. The first-order chi connectivity index (χ1) is 28.4. The Bertz CT molecular complexity index is 2220. The monoisotopic (exact) mass is 834 g/mol. The molecule has 0 spiro atoms. The van der Waals surface area contributed by atoms with Crippen LogP contribution >= 0.6 is 0 Å². The predicted octanol–water partition coefficient (Wildman–Crippen LogP) is -0.353. The normalized spacial score (nSPS) is 14.8. The average molecular weight is 835 g/mol. The minimum Gasteiger partial charge on any atom is -0.481 e. The van der Waals surface area contributed by atoms with Gasteiger partial charge in [-0.05, 0) is 48.9 Å². The van der Waals surface area contributed by atoms with Crippen molar-refractivity contribution >= 4 is 69.2 Å². The predicted molar refractivity (Wildman–Crippen MR) is 215 cm³/mol. The molecule has 0 saturated heterocycles. The molecule has 5 amide bonds. The van der Waals surface area contributed by atoms with Gasteiger partial charge in [0.15, 0.2) is 0 Å². The van der Waals surface area contributed by atoms with Gasteiger partial charge in [0.1, 0.15) is 30.2 Å². The number of H-pyrrole nitrogens is 2. The van der Waals surface area contributed by atoms with Gasteiger partial charge in [0, 0.05) is 47.0 Å². The summed E-state index contributed by atoms with van der Waals surface area (Å²) in [6.45, 7) is 4.29. The van der Waals surface area contributed by atoms with E-state index in [0.717, 1.165) is 17.8 Å². The van der Waals surface area contributed by atoms with Crippen molar-refractivity contribution < 1.29 is 58.8 Å². The molecule has 0 saturated carbocycles. The largest absolute Gasteiger partial charge is 0.481 e. The molecule has 0 radical (unpaired) electrons. The second-order valence-corrected chi connectivity index (χ2v) is 14.7. The Hall–Kier alpha value is -6.80. The molecule has 7 atom stereocenters. The number of carbonyl (C=O) groups is 8. The number of aliphatic carboxylic acids is 3. The number of hydrogen-bond donors (Lipinski definition) is 12. The van der Waals surface area contributed by atoms with Crippen molar-refractivity contribution in [1.82, 2.24) is 36.6 Å². The number of nitrogens with one attached hydrogen (secondary N) is 7. The minimum atomic E-state index is -1.82. The summed E-state index contributed by atoms with van der Waals surface area (Å²) in [6, 6.07) is 4.93. The summed E-state index contributed by atoms with van der Waals surface area (Å²) in [5.41, 5.74) is 8.89. The third-order valence-corrected chi connectivity index (χ3v) is 9.77. The van der Waals surface area contributed by atoms with E-state index in [9.17, 15) is 58.8 Å². The molecule has 20 nitrogen and oxygen atoms in total. The van der Waals surface area contributed by atoms with Crippen molar-refractivity contribution in [2.75, 3.05) is 0 Å². The quantitative estimate of drug-likeness (QED) is 0.0482. The molecule has 13 N–H and O–H groups in total. The molecular formula is C40H50N8O12. The van der Waals surface area contributed by atoms with Crippen LogP contribution in [-0.4, -0.2) is 120 Å². The number of carboxylic acid groups (broad SMARTS) is 3. The van der Waals surface area contributed by atoms with Crippen LogP contribution in [0.2, 0.25) is 0 Å². The van der Waals surface area contributed by atoms with E-state index in [2.05, 4.69) is 36.6 Å². The van der Waals surface area contributed by atoms with Gasteiger partial charge >= 0.3 is 17.9 Å². The van der Waals surface area contributed by atoms with E-state index >= 15 is 0 Å². The van der Waals surface area contributed by atoms with Crippen molar-refractivity contribution in [3.05, 3.63) is 72.1 Å². The topological polar surface area (TPSA) is 335 Å². The first kappa shape index (κ1) is 45.9. The van der Waals surface area contributed by atoms with Crippen LogP contribution in [0.4, 0.5) is 0 Å². The van der Waals surface area contributed by atoms with Crippen LogP contribution < -0.4 is 32.3 Å². The third-order valence-electron chi connectivity index (χ3n) is 9.77. The van der Waals surface area contributed by atoms with Gasteiger partial charge in [-0.25, -0.2) is 4.79 Å². The highest BCUT2D eigenvalue weighted by atomic mass is 16.4. The Morgan fingerprint density at radius 2 is 1.08 bits per heavy atom. The molecular weight excluding hydrogens is 784 g/mol. The van der Waals surface area contributed by atoms with Gasteiger partial charge in [-0.1, -0.05) is 50.2 Å². The second-order valence-electron chi connectivity index (χ2n) is 14.7. The zero-order valence-electron chi connectivity index (χ0n) is 33.1. The van der Waals surface area contributed by atoms with Crippen LogP contribution in [0.15, 0.2) is 60.9 Å². The first-order valence-electron chi connectivity index (χ1n) is 19.1. The van der Waals surface area contributed by atoms with Crippen LogP contribution in [0.1, 0.15) is 51.2 Å². The lowest BCUT2D eigenvalue weighted by molar-refractivity contribution is -0.144. The van der Waals surface area contributed by atoms with Gasteiger partial charge in [-0.2, -0.15) is 0 Å². The molecule has 0 fully saturated rings. The number of aliphatic hydroxyl groups is 1. The zero-order chi connectivity index (χ0) is 44.3. The Morgan fingerprint density at radius 1 is 0.600 bits per heavy atom. The molecule has 4 rings (SSSR count). The van der Waals surface area contributed by atoms with Crippen molar-refractivity contribution in [2.45, 2.75) is 95.2 Å². The molecule has 4 aromatic rings. The summed E-state index contributed by atoms with van der Waals surface area (Å²) in [7, 11) is 0. The molecule has 0 unspecified atom stereocenters. The number of benzene rings is 2. The van der Waals surface area contributed by atoms with Crippen LogP contribution in [0.5, 0.6) is 0 Å². The molecule has 0 bridgehead atoms. The first-order valence-corrected chi connectivity index (χ1v) is 19.1. The fourth-order valence-electron chi connectivity index (χ4n) is 6.52. The number of amides is 5. The lowest BCUT2D eigenvalue weighted by Crippen LogP contribution is -2.62. The lowest BCUT2D eigenvalue weighted by Gasteiger charge is -2.28. The number of carbonyl (C=O) groups excluding carboxylic acids is 5. The van der Waals surface area contributed by atoms with Crippen molar-refractivity contribution in [3.63, 3.8) is 0 Å². The number of aliphatic hydroxyl groups excluding tert-OH is 1. The number of carboxylic acids is 3. The van der Waals surface area contributed by atoms with Gasteiger partial charge in [0.25, 0.3) is 0 Å². The summed E-state index contributed by atoms with van der Waals surface area (Å²) in [6.07, 6.45) is -0.765. The molecule has 322 valence electrons. The number of nitrogens with two attached hydrogens (primary N) is 1. The molecule has 0 aliphatic carbocycles. The summed E-state index contributed by atoms with van der Waals surface area (Å²) >= 11 is 0. The third kappa shape index (κ3) is 12.4. The van der Waals surface area contributed by atoms with Crippen molar-refractivity contribution in [1.29, 1.82) is 0 Å². The standard InChI is InChI=1S/C40H50N8O12/c1-19(2)33(40(59)60)47-38(57)29(15-22-18-43-27-11-7-5-9-24(22)27)46-39(58)34(20(3)49)48-36(55)28(12-13-31(50)51)44-37(56)30(16-32(52)53)45-35(54)25(41)14-21-17-42-26-10-6-4-8-23(21)26/h4-11,17-20,25,28-30,33-34,42-43,49H,12-16,41H2,1-3H3,(H,44,56)(H,45,54)(H,46,58)(H,47,57)(H,48,55)(H,50,51)(H,52,53)(H,59,60)/t20-,25+,28+,29+,30+,33+,34+/m1/s1.